The Labute approximate surface area is 161 Å². The number of carbonyl (C=O) groups excluding carboxylic acids is 1. The Balaban J connectivity index is 1.66. The number of sulfone groups is 1. The lowest BCUT2D eigenvalue weighted by Crippen LogP contribution is -2.16. The number of rotatable bonds is 4. The first kappa shape index (κ1) is 17.9. The monoisotopic (exact) mass is 401 g/mol. The molecule has 4 rings (SSSR count). The van der Waals surface area contributed by atoms with Gasteiger partial charge in [0.15, 0.2) is 15.5 Å². The van der Waals surface area contributed by atoms with Crippen molar-refractivity contribution >= 4 is 32.8 Å². The number of benzene rings is 1. The lowest BCUT2D eigenvalue weighted by molar-refractivity contribution is 0.102. The van der Waals surface area contributed by atoms with Crippen molar-refractivity contribution in [2.24, 2.45) is 0 Å². The van der Waals surface area contributed by atoms with Gasteiger partial charge in [-0.2, -0.15) is 5.10 Å². The van der Waals surface area contributed by atoms with Gasteiger partial charge in [-0.05, 0) is 43.0 Å². The standard InChI is InChI=1S/C19H19N3O3S2/c1-13-4-6-14(7-5-13)20-19(23)16-11-17(18-3-2-9-26-18)22(21-16)15-8-10-27(24,25)12-15/h2-7,9,11,15H,8,10,12H2,1H3,(H,20,23). The van der Waals surface area contributed by atoms with Gasteiger partial charge in [0, 0.05) is 5.69 Å². The fourth-order valence-electron chi connectivity index (χ4n) is 3.19. The predicted molar refractivity (Wildman–Crippen MR) is 107 cm³/mol. The first-order chi connectivity index (χ1) is 12.9. The van der Waals surface area contributed by atoms with Gasteiger partial charge in [0.2, 0.25) is 0 Å². The molecule has 1 fully saturated rings. The van der Waals surface area contributed by atoms with Gasteiger partial charge in [0.05, 0.1) is 28.1 Å². The molecule has 8 heteroatoms. The molecule has 3 heterocycles. The predicted octanol–water partition coefficient (Wildman–Crippen LogP) is 3.53. The van der Waals surface area contributed by atoms with Crippen LogP contribution in [-0.2, 0) is 9.84 Å². The molecule has 0 saturated carbocycles. The van der Waals surface area contributed by atoms with Crippen molar-refractivity contribution in [3.63, 3.8) is 0 Å². The SMILES string of the molecule is Cc1ccc(NC(=O)c2cc(-c3cccs3)n(C3CCS(=O)(=O)C3)n2)cc1. The van der Waals surface area contributed by atoms with Crippen LogP contribution in [0.1, 0.15) is 28.5 Å². The van der Waals surface area contributed by atoms with Crippen LogP contribution < -0.4 is 5.32 Å². The van der Waals surface area contributed by atoms with E-state index in [0.717, 1.165) is 16.1 Å². The van der Waals surface area contributed by atoms with Crippen molar-refractivity contribution in [1.82, 2.24) is 9.78 Å². The van der Waals surface area contributed by atoms with Crippen molar-refractivity contribution in [2.45, 2.75) is 19.4 Å². The molecule has 1 amide bonds. The molecule has 140 valence electrons. The van der Waals surface area contributed by atoms with Gasteiger partial charge >= 0.3 is 0 Å². The molecular formula is C19H19N3O3S2. The zero-order chi connectivity index (χ0) is 19.0. The lowest BCUT2D eigenvalue weighted by Gasteiger charge is -2.12. The maximum Gasteiger partial charge on any atom is 0.276 e. The molecule has 0 aliphatic carbocycles. The highest BCUT2D eigenvalue weighted by atomic mass is 32.2. The van der Waals surface area contributed by atoms with Crippen LogP contribution >= 0.6 is 11.3 Å². The molecule has 3 aromatic rings. The summed E-state index contributed by atoms with van der Waals surface area (Å²) in [5.74, 6) is -0.0884. The van der Waals surface area contributed by atoms with E-state index in [2.05, 4.69) is 10.4 Å². The van der Waals surface area contributed by atoms with E-state index in [0.29, 0.717) is 12.1 Å². The molecule has 0 bridgehead atoms. The van der Waals surface area contributed by atoms with Crippen molar-refractivity contribution in [3.8, 4) is 10.6 Å². The number of carbonyl (C=O) groups is 1. The fourth-order valence-corrected chi connectivity index (χ4v) is 5.62. The molecule has 1 saturated heterocycles. The molecule has 0 spiro atoms. The molecule has 1 aliphatic rings. The summed E-state index contributed by atoms with van der Waals surface area (Å²) in [6.45, 7) is 1.98. The Bertz CT molecular complexity index is 1070. The van der Waals surface area contributed by atoms with Crippen LogP contribution in [0.15, 0.2) is 47.8 Å². The molecule has 6 nitrogen and oxygen atoms in total. The van der Waals surface area contributed by atoms with Crippen LogP contribution in [0, 0.1) is 6.92 Å². The largest absolute Gasteiger partial charge is 0.321 e. The summed E-state index contributed by atoms with van der Waals surface area (Å²) in [6.07, 6.45) is 0.515. The summed E-state index contributed by atoms with van der Waals surface area (Å²) in [5, 5.41) is 9.27. The number of aryl methyl sites for hydroxylation is 1. The van der Waals surface area contributed by atoms with Crippen LogP contribution in [0.2, 0.25) is 0 Å². The highest BCUT2D eigenvalue weighted by Crippen LogP contribution is 2.32. The van der Waals surface area contributed by atoms with Gasteiger partial charge in [0.1, 0.15) is 0 Å². The highest BCUT2D eigenvalue weighted by Gasteiger charge is 2.32. The summed E-state index contributed by atoms with van der Waals surface area (Å²) in [4.78, 5) is 13.6. The normalized spacial score (nSPS) is 18.5. The van der Waals surface area contributed by atoms with Crippen LogP contribution in [0.25, 0.3) is 10.6 Å². The summed E-state index contributed by atoms with van der Waals surface area (Å²) in [6, 6.07) is 12.9. The van der Waals surface area contributed by atoms with Crippen LogP contribution in [-0.4, -0.2) is 35.6 Å². The Morgan fingerprint density at radius 1 is 1.26 bits per heavy atom. The average Bonchev–Trinajstić information content (AvgIpc) is 3.35. The summed E-state index contributed by atoms with van der Waals surface area (Å²) in [5.41, 5.74) is 2.87. The molecular weight excluding hydrogens is 382 g/mol. The second kappa shape index (κ2) is 6.94. The van der Waals surface area contributed by atoms with Gasteiger partial charge in [-0.3, -0.25) is 9.48 Å². The smallest absolute Gasteiger partial charge is 0.276 e. The minimum Gasteiger partial charge on any atom is -0.321 e. The minimum atomic E-state index is -3.05. The number of nitrogens with zero attached hydrogens (tertiary/aromatic N) is 2. The number of amides is 1. The Morgan fingerprint density at radius 2 is 2.04 bits per heavy atom. The fraction of sp³-hybridized carbons (Fsp3) is 0.263. The maximum atomic E-state index is 12.7. The molecule has 2 aromatic heterocycles. The number of anilines is 1. The summed E-state index contributed by atoms with van der Waals surface area (Å²) in [7, 11) is -3.05. The third-order valence-corrected chi connectivity index (χ3v) is 7.25. The number of thiophene rings is 1. The minimum absolute atomic E-state index is 0.0616. The second-order valence-corrected chi connectivity index (χ2v) is 9.89. The zero-order valence-corrected chi connectivity index (χ0v) is 16.4. The van der Waals surface area contributed by atoms with Gasteiger partial charge in [0.25, 0.3) is 5.91 Å². The van der Waals surface area contributed by atoms with Gasteiger partial charge in [-0.25, -0.2) is 8.42 Å². The highest BCUT2D eigenvalue weighted by molar-refractivity contribution is 7.91. The number of hydrogen-bond donors (Lipinski definition) is 1. The summed E-state index contributed by atoms with van der Waals surface area (Å²) >= 11 is 1.54. The van der Waals surface area contributed by atoms with E-state index in [1.807, 2.05) is 48.7 Å². The molecule has 1 atom stereocenters. The van der Waals surface area contributed by atoms with Gasteiger partial charge in [-0.15, -0.1) is 11.3 Å². The molecule has 1 N–H and O–H groups in total. The quantitative estimate of drug-likeness (QED) is 0.725. The van der Waals surface area contributed by atoms with Crippen molar-refractivity contribution in [1.29, 1.82) is 0 Å². The molecule has 0 radical (unpaired) electrons. The zero-order valence-electron chi connectivity index (χ0n) is 14.8. The van der Waals surface area contributed by atoms with E-state index in [4.69, 9.17) is 0 Å². The van der Waals surface area contributed by atoms with Gasteiger partial charge < -0.3 is 5.32 Å². The van der Waals surface area contributed by atoms with E-state index in [1.165, 1.54) is 11.3 Å². The Hall–Kier alpha value is -2.45. The van der Waals surface area contributed by atoms with Crippen molar-refractivity contribution in [3.05, 3.63) is 59.1 Å². The molecule has 1 unspecified atom stereocenters. The molecule has 1 aliphatic heterocycles. The Morgan fingerprint density at radius 3 is 2.67 bits per heavy atom. The van der Waals surface area contributed by atoms with Crippen LogP contribution in [0.4, 0.5) is 5.69 Å². The molecule has 1 aromatic carbocycles. The van der Waals surface area contributed by atoms with Crippen molar-refractivity contribution < 1.29 is 13.2 Å². The number of aromatic nitrogens is 2. The first-order valence-corrected chi connectivity index (χ1v) is 11.3. The van der Waals surface area contributed by atoms with Crippen LogP contribution in [0.3, 0.4) is 0 Å². The maximum absolute atomic E-state index is 12.7. The average molecular weight is 402 g/mol. The van der Waals surface area contributed by atoms with E-state index < -0.39 is 9.84 Å². The third-order valence-electron chi connectivity index (χ3n) is 4.61. The van der Waals surface area contributed by atoms with E-state index in [9.17, 15) is 13.2 Å². The van der Waals surface area contributed by atoms with Crippen LogP contribution in [0.5, 0.6) is 0 Å². The van der Waals surface area contributed by atoms with Gasteiger partial charge in [-0.1, -0.05) is 23.8 Å². The summed E-state index contributed by atoms with van der Waals surface area (Å²) < 4.78 is 25.5. The Kier molecular flexibility index (Phi) is 4.61. The second-order valence-electron chi connectivity index (χ2n) is 6.71. The van der Waals surface area contributed by atoms with E-state index in [-0.39, 0.29) is 29.1 Å². The van der Waals surface area contributed by atoms with Crippen molar-refractivity contribution in [2.75, 3.05) is 16.8 Å². The van der Waals surface area contributed by atoms with E-state index >= 15 is 0 Å². The lowest BCUT2D eigenvalue weighted by atomic mass is 10.2. The number of nitrogens with one attached hydrogen (secondary N) is 1. The first-order valence-electron chi connectivity index (χ1n) is 8.63. The third kappa shape index (κ3) is 3.81. The topological polar surface area (TPSA) is 81.1 Å². The molecule has 27 heavy (non-hydrogen) atoms. The van der Waals surface area contributed by atoms with E-state index in [1.54, 1.807) is 10.7 Å². The number of hydrogen-bond acceptors (Lipinski definition) is 5.